The SMILES string of the molecule is CCCOc1ccc(C(C)(C)c2ccc(OCCCCl)cc2)cc1. The average Bonchev–Trinajstić information content (AvgIpc) is 2.61. The van der Waals surface area contributed by atoms with Gasteiger partial charge in [0, 0.05) is 11.3 Å². The third-order valence-electron chi connectivity index (χ3n) is 4.17. The van der Waals surface area contributed by atoms with Gasteiger partial charge in [0.2, 0.25) is 0 Å². The Morgan fingerprint density at radius 3 is 1.67 bits per heavy atom. The molecule has 0 atom stereocenters. The van der Waals surface area contributed by atoms with E-state index in [0.717, 1.165) is 30.9 Å². The largest absolute Gasteiger partial charge is 0.494 e. The van der Waals surface area contributed by atoms with E-state index >= 15 is 0 Å². The maximum absolute atomic E-state index is 5.67. The van der Waals surface area contributed by atoms with Crippen LogP contribution < -0.4 is 9.47 Å². The van der Waals surface area contributed by atoms with Crippen molar-refractivity contribution in [1.29, 1.82) is 0 Å². The highest BCUT2D eigenvalue weighted by atomic mass is 35.5. The Balaban J connectivity index is 2.08. The van der Waals surface area contributed by atoms with Gasteiger partial charge in [-0.3, -0.25) is 0 Å². The minimum Gasteiger partial charge on any atom is -0.494 e. The van der Waals surface area contributed by atoms with Crippen molar-refractivity contribution in [3.8, 4) is 11.5 Å². The van der Waals surface area contributed by atoms with Crippen molar-refractivity contribution in [2.45, 2.75) is 39.0 Å². The van der Waals surface area contributed by atoms with Gasteiger partial charge in [0.25, 0.3) is 0 Å². The zero-order valence-corrected chi connectivity index (χ0v) is 15.6. The molecule has 130 valence electrons. The second kappa shape index (κ2) is 8.98. The van der Waals surface area contributed by atoms with Crippen molar-refractivity contribution in [3.05, 3.63) is 59.7 Å². The predicted molar refractivity (Wildman–Crippen MR) is 102 cm³/mol. The molecule has 0 saturated heterocycles. The Hall–Kier alpha value is -1.67. The summed E-state index contributed by atoms with van der Waals surface area (Å²) in [5.41, 5.74) is 2.45. The lowest BCUT2D eigenvalue weighted by molar-refractivity contribution is 0.317. The van der Waals surface area contributed by atoms with Crippen LogP contribution in [0.15, 0.2) is 48.5 Å². The maximum atomic E-state index is 5.67. The minimum absolute atomic E-state index is 0.0715. The van der Waals surface area contributed by atoms with Crippen LogP contribution in [-0.4, -0.2) is 19.1 Å². The molecule has 2 rings (SSSR count). The number of hydrogen-bond donors (Lipinski definition) is 0. The van der Waals surface area contributed by atoms with E-state index in [9.17, 15) is 0 Å². The van der Waals surface area contributed by atoms with Crippen LogP contribution in [0.4, 0.5) is 0 Å². The molecule has 0 fully saturated rings. The quantitative estimate of drug-likeness (QED) is 0.421. The molecule has 0 aromatic heterocycles. The zero-order chi connectivity index (χ0) is 17.4. The molecule has 0 aliphatic carbocycles. The van der Waals surface area contributed by atoms with Crippen LogP contribution in [0.25, 0.3) is 0 Å². The van der Waals surface area contributed by atoms with Gasteiger partial charge in [0.15, 0.2) is 0 Å². The highest BCUT2D eigenvalue weighted by Crippen LogP contribution is 2.33. The number of benzene rings is 2. The smallest absolute Gasteiger partial charge is 0.119 e. The van der Waals surface area contributed by atoms with Crippen molar-refractivity contribution >= 4 is 11.6 Å². The van der Waals surface area contributed by atoms with E-state index < -0.39 is 0 Å². The highest BCUT2D eigenvalue weighted by Gasteiger charge is 2.23. The monoisotopic (exact) mass is 346 g/mol. The Kier molecular flexibility index (Phi) is 6.99. The van der Waals surface area contributed by atoms with Gasteiger partial charge < -0.3 is 9.47 Å². The van der Waals surface area contributed by atoms with Crippen molar-refractivity contribution in [2.75, 3.05) is 19.1 Å². The maximum Gasteiger partial charge on any atom is 0.119 e. The van der Waals surface area contributed by atoms with Gasteiger partial charge in [0.1, 0.15) is 11.5 Å². The summed E-state index contributed by atoms with van der Waals surface area (Å²) in [4.78, 5) is 0. The molecule has 0 heterocycles. The summed E-state index contributed by atoms with van der Waals surface area (Å²) in [6, 6.07) is 16.7. The first kappa shape index (κ1) is 18.7. The van der Waals surface area contributed by atoms with E-state index in [1.165, 1.54) is 11.1 Å². The van der Waals surface area contributed by atoms with Crippen LogP contribution in [0.5, 0.6) is 11.5 Å². The van der Waals surface area contributed by atoms with Gasteiger partial charge in [-0.1, -0.05) is 45.0 Å². The van der Waals surface area contributed by atoms with Crippen molar-refractivity contribution in [1.82, 2.24) is 0 Å². The lowest BCUT2D eigenvalue weighted by Crippen LogP contribution is -2.18. The molecule has 3 heteroatoms. The Bertz CT molecular complexity index is 603. The molecule has 2 nitrogen and oxygen atoms in total. The first-order valence-electron chi connectivity index (χ1n) is 8.60. The fourth-order valence-corrected chi connectivity index (χ4v) is 2.68. The van der Waals surface area contributed by atoms with Crippen LogP contribution in [-0.2, 0) is 5.41 Å². The van der Waals surface area contributed by atoms with Gasteiger partial charge in [-0.2, -0.15) is 0 Å². The molecule has 24 heavy (non-hydrogen) atoms. The van der Waals surface area contributed by atoms with Gasteiger partial charge in [-0.15, -0.1) is 11.6 Å². The fourth-order valence-electron chi connectivity index (χ4n) is 2.57. The van der Waals surface area contributed by atoms with Gasteiger partial charge in [-0.25, -0.2) is 0 Å². The Morgan fingerprint density at radius 1 is 0.792 bits per heavy atom. The Labute approximate surface area is 150 Å². The normalized spacial score (nSPS) is 11.3. The molecule has 0 N–H and O–H groups in total. The molecule has 0 amide bonds. The summed E-state index contributed by atoms with van der Waals surface area (Å²) < 4.78 is 11.3. The number of hydrogen-bond acceptors (Lipinski definition) is 2. The first-order valence-corrected chi connectivity index (χ1v) is 9.14. The summed E-state index contributed by atoms with van der Waals surface area (Å²) in [7, 11) is 0. The van der Waals surface area contributed by atoms with Gasteiger partial charge in [0.05, 0.1) is 13.2 Å². The molecule has 0 radical (unpaired) electrons. The summed E-state index contributed by atoms with van der Waals surface area (Å²) in [5.74, 6) is 2.45. The summed E-state index contributed by atoms with van der Waals surface area (Å²) in [5, 5.41) is 0. The number of rotatable bonds is 9. The van der Waals surface area contributed by atoms with Crippen LogP contribution >= 0.6 is 11.6 Å². The second-order valence-corrected chi connectivity index (χ2v) is 6.79. The highest BCUT2D eigenvalue weighted by molar-refractivity contribution is 6.17. The van der Waals surface area contributed by atoms with E-state index in [0.29, 0.717) is 12.5 Å². The predicted octanol–water partition coefficient (Wildman–Crippen LogP) is 5.81. The van der Waals surface area contributed by atoms with E-state index in [2.05, 4.69) is 57.2 Å². The summed E-state index contributed by atoms with van der Waals surface area (Å²) in [6.45, 7) is 8.00. The first-order chi connectivity index (χ1) is 11.6. The number of halogens is 1. The third kappa shape index (κ3) is 4.91. The molecule has 0 unspecified atom stereocenters. The van der Waals surface area contributed by atoms with E-state index in [-0.39, 0.29) is 5.41 Å². The molecule has 0 bridgehead atoms. The molecule has 0 aliphatic heterocycles. The van der Waals surface area contributed by atoms with E-state index in [1.807, 2.05) is 12.1 Å². The van der Waals surface area contributed by atoms with Crippen molar-refractivity contribution in [2.24, 2.45) is 0 Å². The molecule has 2 aromatic rings. The summed E-state index contributed by atoms with van der Waals surface area (Å²) >= 11 is 5.67. The molecular weight excluding hydrogens is 320 g/mol. The molecular formula is C21H27ClO2. The van der Waals surface area contributed by atoms with Crippen LogP contribution in [0, 0.1) is 0 Å². The van der Waals surface area contributed by atoms with E-state index in [4.69, 9.17) is 21.1 Å². The zero-order valence-electron chi connectivity index (χ0n) is 14.8. The minimum atomic E-state index is -0.0715. The van der Waals surface area contributed by atoms with Crippen LogP contribution in [0.1, 0.15) is 44.7 Å². The number of alkyl halides is 1. The third-order valence-corrected chi connectivity index (χ3v) is 4.44. The average molecular weight is 347 g/mol. The second-order valence-electron chi connectivity index (χ2n) is 6.41. The number of ether oxygens (including phenoxy) is 2. The van der Waals surface area contributed by atoms with Crippen molar-refractivity contribution < 1.29 is 9.47 Å². The molecule has 0 saturated carbocycles. The molecule has 2 aromatic carbocycles. The summed E-state index contributed by atoms with van der Waals surface area (Å²) in [6.07, 6.45) is 1.88. The Morgan fingerprint density at radius 2 is 1.25 bits per heavy atom. The standard InChI is InChI=1S/C21H27ClO2/c1-4-15-23-19-10-6-17(7-11-19)21(2,3)18-8-12-20(13-9-18)24-16-5-14-22/h6-13H,4-5,14-16H2,1-3H3. The van der Waals surface area contributed by atoms with E-state index in [1.54, 1.807) is 0 Å². The lowest BCUT2D eigenvalue weighted by atomic mass is 9.78. The van der Waals surface area contributed by atoms with Crippen LogP contribution in [0.3, 0.4) is 0 Å². The lowest BCUT2D eigenvalue weighted by Gasteiger charge is -2.26. The van der Waals surface area contributed by atoms with Crippen molar-refractivity contribution in [3.63, 3.8) is 0 Å². The van der Waals surface area contributed by atoms with Crippen LogP contribution in [0.2, 0.25) is 0 Å². The van der Waals surface area contributed by atoms with Gasteiger partial charge in [-0.05, 0) is 48.2 Å². The van der Waals surface area contributed by atoms with Gasteiger partial charge >= 0.3 is 0 Å². The topological polar surface area (TPSA) is 18.5 Å². The molecule has 0 aliphatic rings. The fraction of sp³-hybridized carbons (Fsp3) is 0.429. The molecule has 0 spiro atoms.